The van der Waals surface area contributed by atoms with Crippen molar-refractivity contribution in [2.75, 3.05) is 39.3 Å². The lowest BCUT2D eigenvalue weighted by molar-refractivity contribution is -0.385. The van der Waals surface area contributed by atoms with E-state index in [9.17, 15) is 19.5 Å². The summed E-state index contributed by atoms with van der Waals surface area (Å²) in [5.41, 5.74) is 2.29. The van der Waals surface area contributed by atoms with E-state index < -0.39 is 18.7 Å². The molecular formula is C30H33N4O6P. The van der Waals surface area contributed by atoms with Crippen molar-refractivity contribution >= 4 is 19.3 Å². The maximum Gasteiger partial charge on any atom is 0.346 e. The van der Waals surface area contributed by atoms with Gasteiger partial charge in [-0.2, -0.15) is 0 Å². The quantitative estimate of drug-likeness (QED) is 0.121. The zero-order valence-electron chi connectivity index (χ0n) is 22.9. The maximum atomic E-state index is 13.4. The number of likely N-dealkylation sites (tertiary alicyclic amines) is 1. The van der Waals surface area contributed by atoms with Gasteiger partial charge in [-0.3, -0.25) is 24.0 Å². The van der Waals surface area contributed by atoms with Crippen molar-refractivity contribution in [3.05, 3.63) is 99.6 Å². The molecule has 3 aliphatic rings. The first-order valence-corrected chi connectivity index (χ1v) is 15.5. The van der Waals surface area contributed by atoms with Crippen LogP contribution >= 0.6 is 7.67 Å². The van der Waals surface area contributed by atoms with Crippen LogP contribution in [0.4, 0.5) is 5.69 Å². The average Bonchev–Trinajstić information content (AvgIpc) is 3.90. The highest BCUT2D eigenvalue weighted by Gasteiger charge is 2.50. The van der Waals surface area contributed by atoms with Crippen LogP contribution in [0.1, 0.15) is 53.3 Å². The molecule has 1 amide bonds. The summed E-state index contributed by atoms with van der Waals surface area (Å²) >= 11 is 0. The highest BCUT2D eigenvalue weighted by atomic mass is 31.2. The molecule has 0 spiro atoms. The molecule has 0 saturated carbocycles. The molecular weight excluding hydrogens is 543 g/mol. The molecule has 3 aromatic carbocycles. The van der Waals surface area contributed by atoms with Crippen LogP contribution < -0.4 is 4.74 Å². The summed E-state index contributed by atoms with van der Waals surface area (Å²) in [7, 11) is -3.07. The Morgan fingerprint density at radius 2 is 1.56 bits per heavy atom. The fraction of sp³-hybridized carbons (Fsp3) is 0.367. The molecule has 1 atom stereocenters. The molecule has 0 radical (unpaired) electrons. The largest absolute Gasteiger partial charge is 0.450 e. The molecule has 3 heterocycles. The van der Waals surface area contributed by atoms with Gasteiger partial charge in [0.1, 0.15) is 5.75 Å². The fourth-order valence-corrected chi connectivity index (χ4v) is 7.65. The molecule has 6 rings (SSSR count). The Labute approximate surface area is 239 Å². The number of hydrogen-bond donors (Lipinski definition) is 0. The van der Waals surface area contributed by atoms with Gasteiger partial charge in [0.15, 0.2) is 0 Å². The van der Waals surface area contributed by atoms with E-state index in [1.807, 2.05) is 20.3 Å². The highest BCUT2D eigenvalue weighted by molar-refractivity contribution is 7.54. The van der Waals surface area contributed by atoms with Gasteiger partial charge >= 0.3 is 13.4 Å². The van der Waals surface area contributed by atoms with Gasteiger partial charge in [0.2, 0.25) is 5.75 Å². The molecule has 0 N–H and O–H groups in total. The second kappa shape index (κ2) is 11.4. The highest BCUT2D eigenvalue weighted by Crippen LogP contribution is 2.63. The Kier molecular flexibility index (Phi) is 7.66. The lowest BCUT2D eigenvalue weighted by Crippen LogP contribution is -2.37. The van der Waals surface area contributed by atoms with E-state index in [0.29, 0.717) is 35.9 Å². The molecule has 3 aliphatic heterocycles. The normalized spacial score (nSPS) is 18.6. The van der Waals surface area contributed by atoms with Crippen LogP contribution in [0.25, 0.3) is 0 Å². The van der Waals surface area contributed by atoms with Crippen LogP contribution in [-0.4, -0.2) is 64.3 Å². The van der Waals surface area contributed by atoms with Crippen LogP contribution in [0.2, 0.25) is 0 Å². The summed E-state index contributed by atoms with van der Waals surface area (Å²) in [6.45, 7) is 6.11. The smallest absolute Gasteiger partial charge is 0.346 e. The number of carbonyl (C=O) groups is 1. The van der Waals surface area contributed by atoms with E-state index >= 15 is 0 Å². The molecule has 214 valence electrons. The van der Waals surface area contributed by atoms with Gasteiger partial charge < -0.3 is 9.64 Å². The molecule has 10 nitrogen and oxygen atoms in total. The van der Waals surface area contributed by atoms with Crippen LogP contribution in [0.15, 0.2) is 72.8 Å². The molecule has 3 saturated heterocycles. The van der Waals surface area contributed by atoms with E-state index in [-0.39, 0.29) is 17.3 Å². The lowest BCUT2D eigenvalue weighted by Gasteiger charge is -2.32. The zero-order chi connectivity index (χ0) is 28.6. The number of carbonyl (C=O) groups excluding carboxylic acids is 1. The number of ether oxygens (including phenoxy) is 1. The third-order valence-electron chi connectivity index (χ3n) is 7.89. The number of nitrogens with zero attached hydrogens (tertiary/aromatic N) is 4. The van der Waals surface area contributed by atoms with Gasteiger partial charge in [0.25, 0.3) is 5.91 Å². The van der Waals surface area contributed by atoms with Crippen molar-refractivity contribution in [3.8, 4) is 11.5 Å². The molecule has 3 fully saturated rings. The van der Waals surface area contributed by atoms with Crippen molar-refractivity contribution in [1.82, 2.24) is 14.2 Å². The Morgan fingerprint density at radius 1 is 0.927 bits per heavy atom. The Hall–Kier alpha value is -3.56. The SMILES string of the molecule is CC(OP(=O)(N1CC1)N1CC1)c1ccc([N+](=O)[O-])c(Oc2ccc(C(=O)N3CCC(c4ccccc4)CC3)cc2)c1. The van der Waals surface area contributed by atoms with Crippen molar-refractivity contribution in [2.24, 2.45) is 0 Å². The van der Waals surface area contributed by atoms with E-state index in [1.54, 1.807) is 43.3 Å². The first kappa shape index (κ1) is 27.6. The zero-order valence-corrected chi connectivity index (χ0v) is 23.8. The lowest BCUT2D eigenvalue weighted by atomic mass is 9.89. The standard InChI is InChI=1S/C30H33N4O6P/c1-22(40-41(38,32-17-18-32)33-19-20-33)26-9-12-28(34(36)37)29(21-26)39-27-10-7-25(8-11-27)30(35)31-15-13-24(14-16-31)23-5-3-2-4-6-23/h2-12,21-22,24H,13-20H2,1H3. The molecule has 11 heteroatoms. The number of benzene rings is 3. The third kappa shape index (κ3) is 6.06. The Balaban J connectivity index is 1.12. The fourth-order valence-electron chi connectivity index (χ4n) is 5.31. The molecule has 0 bridgehead atoms. The Morgan fingerprint density at radius 3 is 2.15 bits per heavy atom. The summed E-state index contributed by atoms with van der Waals surface area (Å²) in [4.78, 5) is 26.3. The summed E-state index contributed by atoms with van der Waals surface area (Å²) in [6, 6.07) is 21.6. The van der Waals surface area contributed by atoms with Crippen molar-refractivity contribution in [1.29, 1.82) is 0 Å². The minimum Gasteiger partial charge on any atom is -0.450 e. The number of nitro benzene ring substituents is 1. The van der Waals surface area contributed by atoms with Crippen molar-refractivity contribution in [2.45, 2.75) is 31.8 Å². The van der Waals surface area contributed by atoms with Crippen molar-refractivity contribution < 1.29 is 23.5 Å². The molecule has 3 aromatic rings. The van der Waals surface area contributed by atoms with E-state index in [2.05, 4.69) is 24.3 Å². The molecule has 41 heavy (non-hydrogen) atoms. The predicted octanol–water partition coefficient (Wildman–Crippen LogP) is 6.22. The minimum atomic E-state index is -3.07. The Bertz CT molecular complexity index is 1450. The summed E-state index contributed by atoms with van der Waals surface area (Å²) in [6.07, 6.45) is 1.28. The summed E-state index contributed by atoms with van der Waals surface area (Å²) < 4.78 is 29.1. The number of rotatable bonds is 10. The topological polar surface area (TPSA) is 105 Å². The van der Waals surface area contributed by atoms with Gasteiger partial charge in [0, 0.05) is 50.9 Å². The van der Waals surface area contributed by atoms with Gasteiger partial charge in [-0.05, 0) is 73.2 Å². The van der Waals surface area contributed by atoms with Gasteiger partial charge in [-0.1, -0.05) is 30.3 Å². The number of piperidine rings is 1. The number of amides is 1. The number of hydrogen-bond acceptors (Lipinski definition) is 6. The van der Waals surface area contributed by atoms with Crippen molar-refractivity contribution in [3.63, 3.8) is 0 Å². The monoisotopic (exact) mass is 576 g/mol. The van der Waals surface area contributed by atoms with E-state index in [1.165, 1.54) is 11.6 Å². The van der Waals surface area contributed by atoms with Crippen LogP contribution in [-0.2, 0) is 9.09 Å². The van der Waals surface area contributed by atoms with Gasteiger partial charge in [-0.15, -0.1) is 0 Å². The molecule has 0 aromatic heterocycles. The molecule has 1 unspecified atom stereocenters. The average molecular weight is 577 g/mol. The van der Waals surface area contributed by atoms with Crippen LogP contribution in [0.5, 0.6) is 11.5 Å². The predicted molar refractivity (Wildman–Crippen MR) is 154 cm³/mol. The van der Waals surface area contributed by atoms with Crippen LogP contribution in [0, 0.1) is 10.1 Å². The van der Waals surface area contributed by atoms with Crippen LogP contribution in [0.3, 0.4) is 0 Å². The second-order valence-electron chi connectivity index (χ2n) is 10.7. The summed E-state index contributed by atoms with van der Waals surface area (Å²) in [5.74, 6) is 0.847. The number of nitro groups is 1. The molecule has 0 aliphatic carbocycles. The first-order valence-electron chi connectivity index (χ1n) is 14.0. The first-order chi connectivity index (χ1) is 19.8. The summed E-state index contributed by atoms with van der Waals surface area (Å²) in [5, 5.41) is 11.7. The van der Waals surface area contributed by atoms with E-state index in [4.69, 9.17) is 9.26 Å². The maximum absolute atomic E-state index is 13.4. The van der Waals surface area contributed by atoms with Gasteiger partial charge in [0.05, 0.1) is 11.0 Å². The second-order valence-corrected chi connectivity index (χ2v) is 13.1. The van der Waals surface area contributed by atoms with E-state index in [0.717, 1.165) is 39.0 Å². The third-order valence-corrected chi connectivity index (χ3v) is 10.7. The van der Waals surface area contributed by atoms with Gasteiger partial charge in [-0.25, -0.2) is 9.34 Å². The minimum absolute atomic E-state index is 0.0377.